The zero-order valence-electron chi connectivity index (χ0n) is 28.2. The lowest BCUT2D eigenvalue weighted by atomic mass is 9.88. The Hall–Kier alpha value is -3.86. The van der Waals surface area contributed by atoms with E-state index >= 15 is 0 Å². The molecule has 2 aromatic rings. The summed E-state index contributed by atoms with van der Waals surface area (Å²) in [5.41, 5.74) is -0.480. The van der Waals surface area contributed by atoms with Crippen molar-refractivity contribution in [2.45, 2.75) is 113 Å². The Balaban J connectivity index is 1.42. The number of carbonyl (C=O) groups is 4. The molecular formula is C37H49N3O8. The summed E-state index contributed by atoms with van der Waals surface area (Å²) in [7, 11) is 3.26. The second-order valence-electron chi connectivity index (χ2n) is 14.1. The number of carbonyl (C=O) groups excluding carboxylic acids is 3. The van der Waals surface area contributed by atoms with E-state index in [1.54, 1.807) is 14.2 Å². The van der Waals surface area contributed by atoms with Gasteiger partial charge in [0.05, 0.1) is 20.3 Å². The van der Waals surface area contributed by atoms with E-state index in [2.05, 4.69) is 22.8 Å². The molecule has 3 heterocycles. The molecule has 260 valence electrons. The third kappa shape index (κ3) is 6.84. The number of ether oxygens (including phenoxy) is 3. The van der Waals surface area contributed by atoms with Gasteiger partial charge in [0.2, 0.25) is 11.8 Å². The first-order valence-corrected chi connectivity index (χ1v) is 17.7. The molecule has 0 aromatic heterocycles. The van der Waals surface area contributed by atoms with E-state index in [0.717, 1.165) is 91.9 Å². The van der Waals surface area contributed by atoms with Gasteiger partial charge >= 0.3 is 12.1 Å². The van der Waals surface area contributed by atoms with E-state index in [9.17, 15) is 24.3 Å². The molecule has 6 bridgehead atoms. The number of fused-ring (bicyclic) bond motifs is 6. The van der Waals surface area contributed by atoms with Crippen molar-refractivity contribution < 1.29 is 38.5 Å². The van der Waals surface area contributed by atoms with Crippen LogP contribution >= 0.6 is 0 Å². The highest BCUT2D eigenvalue weighted by Crippen LogP contribution is 2.48. The molecule has 3 fully saturated rings. The first kappa shape index (κ1) is 34.0. The second kappa shape index (κ2) is 14.3. The summed E-state index contributed by atoms with van der Waals surface area (Å²) in [6.45, 7) is 0.305. The zero-order chi connectivity index (χ0) is 33.9. The third-order valence-corrected chi connectivity index (χ3v) is 11.1. The van der Waals surface area contributed by atoms with Crippen molar-refractivity contribution in [2.75, 3.05) is 27.4 Å². The van der Waals surface area contributed by atoms with Crippen LogP contribution in [-0.2, 0) is 35.9 Å². The number of rotatable bonds is 3. The fourth-order valence-corrected chi connectivity index (χ4v) is 8.10. The lowest BCUT2D eigenvalue weighted by Crippen LogP contribution is -2.56. The molecule has 2 aromatic carbocycles. The lowest BCUT2D eigenvalue weighted by Gasteiger charge is -2.31. The summed E-state index contributed by atoms with van der Waals surface area (Å²) in [5.74, 6) is -1.28. The van der Waals surface area contributed by atoms with Crippen LogP contribution in [0, 0.1) is 5.92 Å². The monoisotopic (exact) mass is 663 g/mol. The molecule has 48 heavy (non-hydrogen) atoms. The summed E-state index contributed by atoms with van der Waals surface area (Å²) in [4.78, 5) is 55.7. The molecule has 0 spiro atoms. The molecule has 0 radical (unpaired) electrons. The number of aliphatic carboxylic acids is 1. The maximum atomic E-state index is 14.5. The van der Waals surface area contributed by atoms with Crippen molar-refractivity contribution in [3.63, 3.8) is 0 Å². The van der Waals surface area contributed by atoms with Crippen molar-refractivity contribution in [3.05, 3.63) is 41.5 Å². The van der Waals surface area contributed by atoms with Crippen molar-refractivity contribution in [2.24, 2.45) is 5.92 Å². The summed E-state index contributed by atoms with van der Waals surface area (Å²) >= 11 is 0. The molecule has 11 heteroatoms. The van der Waals surface area contributed by atoms with Crippen molar-refractivity contribution in [1.82, 2.24) is 15.5 Å². The number of methoxy groups -OCH3 is 2. The minimum Gasteiger partial charge on any atom is -0.496 e. The molecule has 1 saturated carbocycles. The lowest BCUT2D eigenvalue weighted by molar-refractivity contribution is -0.146. The minimum atomic E-state index is -1.34. The predicted octanol–water partition coefficient (Wildman–Crippen LogP) is 5.21. The van der Waals surface area contributed by atoms with E-state index in [1.165, 1.54) is 4.90 Å². The van der Waals surface area contributed by atoms with Gasteiger partial charge in [0.15, 0.2) is 0 Å². The maximum absolute atomic E-state index is 14.5. The number of hydrogen-bond acceptors (Lipinski definition) is 7. The summed E-state index contributed by atoms with van der Waals surface area (Å²) in [6.07, 6.45) is 9.71. The van der Waals surface area contributed by atoms with Gasteiger partial charge < -0.3 is 34.9 Å². The van der Waals surface area contributed by atoms with Crippen molar-refractivity contribution in [3.8, 4) is 5.75 Å². The Kier molecular flexibility index (Phi) is 10.1. The molecule has 2 saturated heterocycles. The van der Waals surface area contributed by atoms with Crippen LogP contribution in [0.15, 0.2) is 30.3 Å². The normalized spacial score (nSPS) is 30.6. The zero-order valence-corrected chi connectivity index (χ0v) is 28.2. The quantitative estimate of drug-likeness (QED) is 0.407. The van der Waals surface area contributed by atoms with Gasteiger partial charge in [-0.1, -0.05) is 57.1 Å². The average Bonchev–Trinajstić information content (AvgIpc) is 3.63. The molecule has 5 atom stereocenters. The number of cyclic esters (lactones) is 1. The first-order valence-electron chi connectivity index (χ1n) is 17.7. The van der Waals surface area contributed by atoms with Gasteiger partial charge in [0.25, 0.3) is 0 Å². The Bertz CT molecular complexity index is 1550. The fourth-order valence-electron chi connectivity index (χ4n) is 8.10. The molecule has 3 aliphatic heterocycles. The second-order valence-corrected chi connectivity index (χ2v) is 14.1. The molecule has 4 aliphatic rings. The fraction of sp³-hybridized carbons (Fsp3) is 0.622. The average molecular weight is 664 g/mol. The topological polar surface area (TPSA) is 144 Å². The van der Waals surface area contributed by atoms with Crippen LogP contribution in [0.25, 0.3) is 10.8 Å². The molecular weight excluding hydrogens is 614 g/mol. The van der Waals surface area contributed by atoms with E-state index in [0.29, 0.717) is 19.3 Å². The Morgan fingerprint density at radius 3 is 2.44 bits per heavy atom. The van der Waals surface area contributed by atoms with Crippen molar-refractivity contribution >= 4 is 34.6 Å². The first-order chi connectivity index (χ1) is 23.2. The number of nitrogens with zero attached hydrogens (tertiary/aromatic N) is 1. The highest BCUT2D eigenvalue weighted by molar-refractivity contribution is 5.96. The van der Waals surface area contributed by atoms with E-state index in [4.69, 9.17) is 14.2 Å². The maximum Gasteiger partial charge on any atom is 0.407 e. The van der Waals surface area contributed by atoms with Gasteiger partial charge in [0.1, 0.15) is 29.0 Å². The predicted molar refractivity (Wildman–Crippen MR) is 179 cm³/mol. The Morgan fingerprint density at radius 1 is 0.917 bits per heavy atom. The van der Waals surface area contributed by atoms with E-state index in [1.807, 2.05) is 18.2 Å². The van der Waals surface area contributed by atoms with E-state index < -0.39 is 47.1 Å². The summed E-state index contributed by atoms with van der Waals surface area (Å²) in [6, 6.07) is 8.31. The number of hydrogen-bond donors (Lipinski definition) is 3. The van der Waals surface area contributed by atoms with Gasteiger partial charge in [-0.3, -0.25) is 9.59 Å². The molecule has 11 nitrogen and oxygen atoms in total. The minimum absolute atomic E-state index is 0.0612. The SMILES string of the molecule is COc1cc2ccc3cc2cc1CCCCCCOC(=O)N[C@H]1CCCCCCC[C@H]2C[C@@]2(C(=O)O)NC(=O)[C@@H]2C[C@]3(OC)CN2C1=O. The van der Waals surface area contributed by atoms with Gasteiger partial charge in [-0.05, 0) is 84.5 Å². The highest BCUT2D eigenvalue weighted by Gasteiger charge is 2.62. The molecule has 0 unspecified atom stereocenters. The van der Waals surface area contributed by atoms with Crippen LogP contribution in [0.4, 0.5) is 4.79 Å². The van der Waals surface area contributed by atoms with Crippen LogP contribution in [0.1, 0.15) is 94.6 Å². The van der Waals surface area contributed by atoms with Gasteiger partial charge in [-0.2, -0.15) is 0 Å². The largest absolute Gasteiger partial charge is 0.496 e. The number of alkyl carbamates (subject to hydrolysis) is 1. The van der Waals surface area contributed by atoms with Gasteiger partial charge in [-0.25, -0.2) is 9.59 Å². The molecule has 1 aliphatic carbocycles. The van der Waals surface area contributed by atoms with Crippen molar-refractivity contribution in [1.29, 1.82) is 0 Å². The van der Waals surface area contributed by atoms with Crippen LogP contribution in [-0.4, -0.2) is 78.9 Å². The molecule has 6 rings (SSSR count). The molecule has 3 N–H and O–H groups in total. The van der Waals surface area contributed by atoms with Gasteiger partial charge in [0, 0.05) is 13.5 Å². The smallest absolute Gasteiger partial charge is 0.407 e. The van der Waals surface area contributed by atoms with Crippen LogP contribution < -0.4 is 15.4 Å². The van der Waals surface area contributed by atoms with Gasteiger partial charge in [-0.15, -0.1) is 0 Å². The number of amides is 3. The van der Waals surface area contributed by atoms with Crippen LogP contribution in [0.5, 0.6) is 5.75 Å². The standard InChI is InChI=1S/C37H49N3O8/c1-46-31-20-24-15-16-27-19-26(24)18-25(31)12-8-6-7-11-17-48-35(45)38-29-14-10-5-3-4-9-13-28-21-37(28,34(43)44)39-32(41)30-22-36(27,47-2)23-40(30)33(29)42/h15-16,18-20,28-30H,3-14,17,21-23H2,1-2H3,(H,38,45)(H,39,41)(H,43,44)/t28-,29-,30-,36-,37+/m0/s1. The number of carboxylic acid groups (broad SMARTS) is 1. The number of carboxylic acids is 1. The van der Waals surface area contributed by atoms with Crippen LogP contribution in [0.3, 0.4) is 0 Å². The Morgan fingerprint density at radius 2 is 1.67 bits per heavy atom. The van der Waals surface area contributed by atoms with E-state index in [-0.39, 0.29) is 25.5 Å². The number of nitrogens with one attached hydrogen (secondary N) is 2. The number of benzene rings is 2. The van der Waals surface area contributed by atoms with Crippen LogP contribution in [0.2, 0.25) is 0 Å². The summed E-state index contributed by atoms with van der Waals surface area (Å²) in [5, 5.41) is 18.0. The number of aryl methyl sites for hydroxylation is 1. The third-order valence-electron chi connectivity index (χ3n) is 11.1. The summed E-state index contributed by atoms with van der Waals surface area (Å²) < 4.78 is 17.5. The molecule has 3 amide bonds. The Labute approximate surface area is 282 Å². The highest BCUT2D eigenvalue weighted by atomic mass is 16.5.